The Morgan fingerprint density at radius 2 is 0.806 bits per heavy atom. The van der Waals surface area contributed by atoms with Crippen LogP contribution >= 0.6 is 0 Å². The van der Waals surface area contributed by atoms with Crippen molar-refractivity contribution in [3.05, 3.63) is 189 Å². The number of ether oxygens (including phenoxy) is 1. The Kier molecular flexibility index (Phi) is 17.0. The van der Waals surface area contributed by atoms with Crippen molar-refractivity contribution >= 4 is 34.8 Å². The van der Waals surface area contributed by atoms with Crippen LogP contribution in [0.2, 0.25) is 0 Å². The third kappa shape index (κ3) is 14.4. The van der Waals surface area contributed by atoms with Crippen LogP contribution in [0.1, 0.15) is 152 Å². The van der Waals surface area contributed by atoms with E-state index in [1.165, 1.54) is 38.9 Å². The van der Waals surface area contributed by atoms with Gasteiger partial charge in [0.2, 0.25) is 0 Å². The normalized spacial score (nSPS) is 14.3. The summed E-state index contributed by atoms with van der Waals surface area (Å²) in [6.07, 6.45) is 9.06. The second kappa shape index (κ2) is 22.9. The van der Waals surface area contributed by atoms with Crippen molar-refractivity contribution in [3.63, 3.8) is 0 Å². The van der Waals surface area contributed by atoms with Crippen molar-refractivity contribution < 1.29 is 19.1 Å². The first-order valence-electron chi connectivity index (χ1n) is 26.2. The highest BCUT2D eigenvalue weighted by molar-refractivity contribution is 6.08. The van der Waals surface area contributed by atoms with Gasteiger partial charge in [-0.2, -0.15) is 0 Å². The van der Waals surface area contributed by atoms with Crippen molar-refractivity contribution in [2.75, 3.05) is 41.4 Å². The maximum absolute atomic E-state index is 13.1. The molecule has 0 spiro atoms. The molecule has 3 aliphatic rings. The van der Waals surface area contributed by atoms with Crippen LogP contribution < -0.4 is 19.4 Å². The van der Waals surface area contributed by atoms with E-state index in [1.54, 1.807) is 7.11 Å². The highest BCUT2D eigenvalue weighted by Gasteiger charge is 2.27. The Morgan fingerprint density at radius 3 is 1.22 bits per heavy atom. The van der Waals surface area contributed by atoms with Crippen LogP contribution in [-0.4, -0.2) is 44.5 Å². The van der Waals surface area contributed by atoms with E-state index in [1.807, 2.05) is 81.4 Å². The molecule has 6 aromatic rings. The SMILES string of the molecule is CC(C)(C)Cc1cccc(C(=O)N2CCCc3ccccc32)c1.COc1ccc2c(c1)CCCN2C(=O)c1cccc(CC(C)(C)C)c1.Cc1ccc2c(c1)CCCN2C(=O)c1cccc(CC(C)(C)C)c1. The lowest BCUT2D eigenvalue weighted by Crippen LogP contribution is -2.35. The van der Waals surface area contributed by atoms with E-state index >= 15 is 0 Å². The van der Waals surface area contributed by atoms with Crippen LogP contribution in [0.3, 0.4) is 0 Å². The Balaban J connectivity index is 0.000000159. The molecule has 0 aromatic heterocycles. The summed E-state index contributed by atoms with van der Waals surface area (Å²) in [7, 11) is 1.67. The van der Waals surface area contributed by atoms with Gasteiger partial charge in [-0.1, -0.05) is 135 Å². The summed E-state index contributed by atoms with van der Waals surface area (Å²) in [5.74, 6) is 1.17. The number of benzene rings is 6. The van der Waals surface area contributed by atoms with E-state index in [2.05, 4.69) is 136 Å². The minimum absolute atomic E-state index is 0.0851. The van der Waals surface area contributed by atoms with Crippen LogP contribution in [0.15, 0.2) is 133 Å². The van der Waals surface area contributed by atoms with Gasteiger partial charge >= 0.3 is 0 Å². The second-order valence-electron chi connectivity index (χ2n) is 23.7. The van der Waals surface area contributed by atoms with E-state index in [0.29, 0.717) is 0 Å². The maximum atomic E-state index is 13.1. The summed E-state index contributed by atoms with van der Waals surface area (Å²) < 4.78 is 5.32. The van der Waals surface area contributed by atoms with Gasteiger partial charge in [0.05, 0.1) is 7.11 Å². The van der Waals surface area contributed by atoms with Gasteiger partial charge in [-0.25, -0.2) is 0 Å². The van der Waals surface area contributed by atoms with Gasteiger partial charge in [0.15, 0.2) is 0 Å². The monoisotopic (exact) mass is 966 g/mol. The first-order valence-corrected chi connectivity index (χ1v) is 26.2. The summed E-state index contributed by atoms with van der Waals surface area (Å²) in [6, 6.07) is 45.0. The molecule has 6 aromatic carbocycles. The molecule has 378 valence electrons. The minimum Gasteiger partial charge on any atom is -0.497 e. The van der Waals surface area contributed by atoms with Gasteiger partial charge in [0.1, 0.15) is 5.75 Å². The molecule has 3 aliphatic heterocycles. The number of anilines is 3. The van der Waals surface area contributed by atoms with Crippen LogP contribution in [-0.2, 0) is 38.5 Å². The van der Waals surface area contributed by atoms with E-state index in [0.717, 1.165) is 117 Å². The molecule has 0 saturated heterocycles. The zero-order valence-electron chi connectivity index (χ0n) is 45.2. The maximum Gasteiger partial charge on any atom is 0.258 e. The van der Waals surface area contributed by atoms with Gasteiger partial charge in [-0.3, -0.25) is 14.4 Å². The third-order valence-corrected chi connectivity index (χ3v) is 13.3. The second-order valence-corrected chi connectivity index (χ2v) is 23.7. The number of carbonyl (C=O) groups is 3. The number of carbonyl (C=O) groups excluding carboxylic acids is 3. The Morgan fingerprint density at radius 1 is 0.431 bits per heavy atom. The zero-order valence-corrected chi connectivity index (χ0v) is 45.2. The molecular weight excluding hydrogens is 887 g/mol. The van der Waals surface area contributed by atoms with E-state index in [-0.39, 0.29) is 34.0 Å². The number of hydrogen-bond donors (Lipinski definition) is 0. The van der Waals surface area contributed by atoms with Crippen LogP contribution in [0.5, 0.6) is 5.75 Å². The van der Waals surface area contributed by atoms with Crippen LogP contribution in [0.4, 0.5) is 17.1 Å². The fraction of sp³-hybridized carbons (Fsp3) is 0.400. The minimum atomic E-state index is 0.0851. The molecule has 9 rings (SSSR count). The van der Waals surface area contributed by atoms with Crippen LogP contribution in [0, 0.1) is 23.2 Å². The number of rotatable bonds is 7. The first-order chi connectivity index (χ1) is 34.1. The molecule has 72 heavy (non-hydrogen) atoms. The number of methoxy groups -OCH3 is 1. The summed E-state index contributed by atoms with van der Waals surface area (Å²) in [5, 5.41) is 0. The lowest BCUT2D eigenvalue weighted by Gasteiger charge is -2.30. The number of aryl methyl sites for hydroxylation is 4. The fourth-order valence-corrected chi connectivity index (χ4v) is 10.3. The predicted molar refractivity (Wildman–Crippen MR) is 299 cm³/mol. The molecule has 0 fully saturated rings. The molecule has 3 amide bonds. The number of hydrogen-bond acceptors (Lipinski definition) is 4. The van der Waals surface area contributed by atoms with Gasteiger partial charge in [0, 0.05) is 53.4 Å². The smallest absolute Gasteiger partial charge is 0.258 e. The quantitative estimate of drug-likeness (QED) is 0.160. The van der Waals surface area contributed by atoms with Gasteiger partial charge < -0.3 is 19.4 Å². The molecule has 0 radical (unpaired) electrons. The van der Waals surface area contributed by atoms with Gasteiger partial charge in [0.25, 0.3) is 17.7 Å². The molecule has 0 unspecified atom stereocenters. The summed E-state index contributed by atoms with van der Waals surface area (Å²) in [4.78, 5) is 45.0. The van der Waals surface area contributed by atoms with Gasteiger partial charge in [-0.05, 0) is 181 Å². The highest BCUT2D eigenvalue weighted by atomic mass is 16.5. The van der Waals surface area contributed by atoms with Crippen molar-refractivity contribution in [1.29, 1.82) is 0 Å². The molecule has 0 N–H and O–H groups in total. The number of fused-ring (bicyclic) bond motifs is 3. The number of para-hydroxylation sites is 1. The van der Waals surface area contributed by atoms with Crippen molar-refractivity contribution in [3.8, 4) is 5.75 Å². The predicted octanol–water partition coefficient (Wildman–Crippen LogP) is 14.9. The largest absolute Gasteiger partial charge is 0.497 e. The topological polar surface area (TPSA) is 70.2 Å². The lowest BCUT2D eigenvalue weighted by molar-refractivity contribution is 0.0977. The Labute approximate surface area is 431 Å². The molecule has 0 atom stereocenters. The molecule has 7 nitrogen and oxygen atoms in total. The summed E-state index contributed by atoms with van der Waals surface area (Å²) in [6.45, 7) is 24.5. The first kappa shape index (κ1) is 53.3. The van der Waals surface area contributed by atoms with Crippen molar-refractivity contribution in [2.24, 2.45) is 16.2 Å². The summed E-state index contributed by atoms with van der Waals surface area (Å²) in [5.41, 5.74) is 14.9. The standard InChI is InChI=1S/C22H27NO2.C22H27NO.C21H25NO/c1-22(2,3)15-16-7-5-8-18(13-16)21(24)23-12-6-9-17-14-19(25-4)10-11-20(17)23;1-16-10-11-20-18(13-16)9-6-12-23(20)21(24)19-8-5-7-17(14-19)15-22(2,3)4;1-21(2,3)15-16-8-6-10-18(14-16)20(23)22-13-7-11-17-9-4-5-12-19(17)22/h5,7-8,10-11,13-14H,6,9,12,15H2,1-4H3;5,7-8,10-11,13-14H,6,9,12,15H2,1-4H3;4-6,8-10,12,14H,7,11,13,15H2,1-3H3. The van der Waals surface area contributed by atoms with Crippen LogP contribution in [0.25, 0.3) is 0 Å². The molecule has 7 heteroatoms. The third-order valence-electron chi connectivity index (χ3n) is 13.3. The van der Waals surface area contributed by atoms with E-state index < -0.39 is 0 Å². The zero-order chi connectivity index (χ0) is 51.8. The highest BCUT2D eigenvalue weighted by Crippen LogP contribution is 2.34. The average molecular weight is 966 g/mol. The lowest BCUT2D eigenvalue weighted by atomic mass is 9.87. The Hall–Kier alpha value is -6.47. The summed E-state index contributed by atoms with van der Waals surface area (Å²) >= 11 is 0. The average Bonchev–Trinajstić information content (AvgIpc) is 3.34. The molecule has 0 aliphatic carbocycles. The Bertz CT molecular complexity index is 2860. The van der Waals surface area contributed by atoms with Crippen molar-refractivity contribution in [2.45, 2.75) is 127 Å². The molecule has 3 heterocycles. The fourth-order valence-electron chi connectivity index (χ4n) is 10.3. The number of nitrogens with zero attached hydrogens (tertiary/aromatic N) is 3. The van der Waals surface area contributed by atoms with Crippen molar-refractivity contribution in [1.82, 2.24) is 0 Å². The number of amides is 3. The molecule has 0 bridgehead atoms. The van der Waals surface area contributed by atoms with Gasteiger partial charge in [-0.15, -0.1) is 0 Å². The van der Waals surface area contributed by atoms with E-state index in [4.69, 9.17) is 4.74 Å². The van der Waals surface area contributed by atoms with E-state index in [9.17, 15) is 14.4 Å². The molecule has 0 saturated carbocycles. The molecular formula is C65H79N3O4.